The Labute approximate surface area is 161 Å². The molecule has 3 rings (SSSR count). The van der Waals surface area contributed by atoms with Crippen LogP contribution in [0.5, 0.6) is 0 Å². The van der Waals surface area contributed by atoms with E-state index in [1.54, 1.807) is 12.1 Å². The molecule has 2 nitrogen and oxygen atoms in total. The minimum absolute atomic E-state index is 0.0927. The molecule has 1 atom stereocenters. The van der Waals surface area contributed by atoms with Gasteiger partial charge in [-0.25, -0.2) is 4.39 Å². The van der Waals surface area contributed by atoms with E-state index < -0.39 is 0 Å². The van der Waals surface area contributed by atoms with Gasteiger partial charge in [-0.15, -0.1) is 0 Å². The zero-order valence-corrected chi connectivity index (χ0v) is 16.2. The summed E-state index contributed by atoms with van der Waals surface area (Å²) in [6.07, 6.45) is 3.44. The molecule has 0 spiro atoms. The Balaban J connectivity index is 1.60. The smallest absolute Gasteiger partial charge is 0.162 e. The van der Waals surface area contributed by atoms with Gasteiger partial charge in [0, 0.05) is 24.6 Å². The molecule has 2 aromatic carbocycles. The molecule has 0 saturated heterocycles. The molecule has 3 heteroatoms. The van der Waals surface area contributed by atoms with Crippen molar-refractivity contribution < 1.29 is 9.18 Å². The number of hydrogen-bond acceptors (Lipinski definition) is 2. The van der Waals surface area contributed by atoms with Crippen molar-refractivity contribution >= 4 is 5.78 Å². The Hall–Kier alpha value is -2.26. The van der Waals surface area contributed by atoms with E-state index >= 15 is 0 Å². The fourth-order valence-corrected chi connectivity index (χ4v) is 3.83. The molecule has 0 amide bonds. The van der Waals surface area contributed by atoms with E-state index in [-0.39, 0.29) is 11.6 Å². The summed E-state index contributed by atoms with van der Waals surface area (Å²) in [5.74, 6) is -0.212. The topological polar surface area (TPSA) is 20.3 Å². The van der Waals surface area contributed by atoms with Gasteiger partial charge in [-0.05, 0) is 69.5 Å². The van der Waals surface area contributed by atoms with Crippen molar-refractivity contribution in [2.75, 3.05) is 13.1 Å². The minimum Gasteiger partial charge on any atom is -0.296 e. The Kier molecular flexibility index (Phi) is 6.57. The van der Waals surface area contributed by atoms with E-state index in [0.717, 1.165) is 32.4 Å². The van der Waals surface area contributed by atoms with Gasteiger partial charge in [0.05, 0.1) is 0 Å². The third kappa shape index (κ3) is 5.14. The highest BCUT2D eigenvalue weighted by molar-refractivity contribution is 5.95. The number of hydrogen-bond donors (Lipinski definition) is 0. The van der Waals surface area contributed by atoms with Gasteiger partial charge >= 0.3 is 0 Å². The normalized spacial score (nSPS) is 18.0. The Bertz CT molecular complexity index is 795. The van der Waals surface area contributed by atoms with Crippen LogP contribution in [-0.2, 0) is 6.42 Å². The number of rotatable bonds is 7. The van der Waals surface area contributed by atoms with Gasteiger partial charge in [0.25, 0.3) is 0 Å². The highest BCUT2D eigenvalue weighted by Gasteiger charge is 2.25. The molecule has 0 bridgehead atoms. The molecular weight excluding hydrogens is 337 g/mol. The molecule has 27 heavy (non-hydrogen) atoms. The molecular formula is C24H28FNO. The van der Waals surface area contributed by atoms with Crippen LogP contribution in [0, 0.1) is 5.82 Å². The lowest BCUT2D eigenvalue weighted by molar-refractivity contribution is 0.0971. The van der Waals surface area contributed by atoms with Gasteiger partial charge in [0.1, 0.15) is 5.82 Å². The maximum absolute atomic E-state index is 13.0. The molecule has 0 radical (unpaired) electrons. The molecule has 0 N–H and O–H groups in total. The zero-order valence-electron chi connectivity index (χ0n) is 16.2. The summed E-state index contributed by atoms with van der Waals surface area (Å²) in [7, 11) is 0. The first-order chi connectivity index (χ1) is 13.0. The van der Waals surface area contributed by atoms with Crippen molar-refractivity contribution in [3.63, 3.8) is 0 Å². The quantitative estimate of drug-likeness (QED) is 0.481. The van der Waals surface area contributed by atoms with Crippen molar-refractivity contribution in [2.45, 2.75) is 45.6 Å². The average molecular weight is 365 g/mol. The summed E-state index contributed by atoms with van der Waals surface area (Å²) in [4.78, 5) is 14.9. The maximum atomic E-state index is 13.0. The SMILES string of the molecule is CC1=C(C)C(Cc2ccccc2)N(CCCC(=O)c2ccc(F)cc2)CC1. The summed E-state index contributed by atoms with van der Waals surface area (Å²) in [5.41, 5.74) is 4.91. The highest BCUT2D eigenvalue weighted by atomic mass is 19.1. The lowest BCUT2D eigenvalue weighted by atomic mass is 9.90. The van der Waals surface area contributed by atoms with Crippen LogP contribution >= 0.6 is 0 Å². The van der Waals surface area contributed by atoms with E-state index in [4.69, 9.17) is 0 Å². The summed E-state index contributed by atoms with van der Waals surface area (Å²) < 4.78 is 13.0. The van der Waals surface area contributed by atoms with Crippen molar-refractivity contribution in [3.05, 3.63) is 82.7 Å². The van der Waals surface area contributed by atoms with Crippen LogP contribution in [0.4, 0.5) is 4.39 Å². The van der Waals surface area contributed by atoms with Gasteiger partial charge in [-0.1, -0.05) is 41.5 Å². The third-order valence-corrected chi connectivity index (χ3v) is 5.68. The lowest BCUT2D eigenvalue weighted by Gasteiger charge is -2.37. The first-order valence-electron chi connectivity index (χ1n) is 9.77. The van der Waals surface area contributed by atoms with Crippen LogP contribution in [0.1, 0.15) is 49.0 Å². The second-order valence-electron chi connectivity index (χ2n) is 7.49. The molecule has 1 aliphatic heterocycles. The van der Waals surface area contributed by atoms with Crippen LogP contribution in [0.3, 0.4) is 0 Å². The fourth-order valence-electron chi connectivity index (χ4n) is 3.83. The highest BCUT2D eigenvalue weighted by Crippen LogP contribution is 2.26. The number of carbonyl (C=O) groups excluding carboxylic acids is 1. The van der Waals surface area contributed by atoms with E-state index in [0.29, 0.717) is 18.0 Å². The summed E-state index contributed by atoms with van der Waals surface area (Å²) in [6.45, 7) is 6.45. The molecule has 1 heterocycles. The predicted octanol–water partition coefficient (Wildman–Crippen LogP) is 5.44. The Morgan fingerprint density at radius 1 is 1.07 bits per heavy atom. The molecule has 0 aliphatic carbocycles. The second-order valence-corrected chi connectivity index (χ2v) is 7.49. The Morgan fingerprint density at radius 3 is 2.48 bits per heavy atom. The first kappa shape index (κ1) is 19.5. The zero-order chi connectivity index (χ0) is 19.2. The third-order valence-electron chi connectivity index (χ3n) is 5.68. The van der Waals surface area contributed by atoms with Gasteiger partial charge in [0.15, 0.2) is 5.78 Å². The number of carbonyl (C=O) groups is 1. The van der Waals surface area contributed by atoms with Crippen LogP contribution in [-0.4, -0.2) is 29.8 Å². The molecule has 1 aliphatic rings. The monoisotopic (exact) mass is 365 g/mol. The van der Waals surface area contributed by atoms with E-state index in [2.05, 4.69) is 49.1 Å². The number of halogens is 1. The average Bonchev–Trinajstić information content (AvgIpc) is 2.68. The van der Waals surface area contributed by atoms with Crippen molar-refractivity contribution in [2.24, 2.45) is 0 Å². The van der Waals surface area contributed by atoms with Gasteiger partial charge in [-0.3, -0.25) is 9.69 Å². The molecule has 0 fully saturated rings. The van der Waals surface area contributed by atoms with Crippen LogP contribution < -0.4 is 0 Å². The first-order valence-corrected chi connectivity index (χ1v) is 9.77. The maximum Gasteiger partial charge on any atom is 0.162 e. The fraction of sp³-hybridized carbons (Fsp3) is 0.375. The Morgan fingerprint density at radius 2 is 1.78 bits per heavy atom. The lowest BCUT2D eigenvalue weighted by Crippen LogP contribution is -2.42. The predicted molar refractivity (Wildman–Crippen MR) is 108 cm³/mol. The molecule has 142 valence electrons. The van der Waals surface area contributed by atoms with Gasteiger partial charge in [-0.2, -0.15) is 0 Å². The van der Waals surface area contributed by atoms with E-state index in [1.165, 1.54) is 28.8 Å². The number of Topliss-reactive ketones (excluding diaryl/α,β-unsaturated/α-hetero) is 1. The number of ketones is 1. The van der Waals surface area contributed by atoms with E-state index in [9.17, 15) is 9.18 Å². The van der Waals surface area contributed by atoms with Crippen LogP contribution in [0.15, 0.2) is 65.7 Å². The van der Waals surface area contributed by atoms with Gasteiger partial charge < -0.3 is 0 Å². The molecule has 2 aromatic rings. The van der Waals surface area contributed by atoms with E-state index in [1.807, 2.05) is 0 Å². The minimum atomic E-state index is -0.304. The number of benzene rings is 2. The summed E-state index contributed by atoms with van der Waals surface area (Å²) in [5, 5.41) is 0. The summed E-state index contributed by atoms with van der Waals surface area (Å²) in [6, 6.07) is 16.9. The molecule has 1 unspecified atom stereocenters. The second kappa shape index (κ2) is 9.09. The standard InChI is InChI=1S/C24H28FNO/c1-18-14-16-26(23(19(18)2)17-20-7-4-3-5-8-20)15-6-9-24(27)21-10-12-22(25)13-11-21/h3-5,7-8,10-13,23H,6,9,14-17H2,1-2H3. The largest absolute Gasteiger partial charge is 0.296 e. The molecule has 0 aromatic heterocycles. The number of nitrogens with zero attached hydrogens (tertiary/aromatic N) is 1. The van der Waals surface area contributed by atoms with Gasteiger partial charge in [0.2, 0.25) is 0 Å². The van der Waals surface area contributed by atoms with Crippen molar-refractivity contribution in [1.29, 1.82) is 0 Å². The van der Waals surface area contributed by atoms with Crippen molar-refractivity contribution in [1.82, 2.24) is 4.90 Å². The summed E-state index contributed by atoms with van der Waals surface area (Å²) >= 11 is 0. The van der Waals surface area contributed by atoms with Crippen LogP contribution in [0.2, 0.25) is 0 Å². The van der Waals surface area contributed by atoms with Crippen LogP contribution in [0.25, 0.3) is 0 Å². The van der Waals surface area contributed by atoms with Crippen molar-refractivity contribution in [3.8, 4) is 0 Å². The molecule has 0 saturated carbocycles.